The first-order valence-corrected chi connectivity index (χ1v) is 9.81. The zero-order valence-corrected chi connectivity index (χ0v) is 13.7. The molecule has 0 spiro atoms. The van der Waals surface area contributed by atoms with Crippen LogP contribution in [0, 0.1) is 5.92 Å². The summed E-state index contributed by atoms with van der Waals surface area (Å²) < 4.78 is 29.0. The molecule has 3 saturated heterocycles. The molecule has 6 nitrogen and oxygen atoms in total. The number of morpholine rings is 1. The van der Waals surface area contributed by atoms with Gasteiger partial charge in [0.05, 0.1) is 30.8 Å². The fraction of sp³-hybridized carbons (Fsp3) is 0.562. The molecule has 124 valence electrons. The number of anilines is 2. The second-order valence-corrected chi connectivity index (χ2v) is 8.64. The summed E-state index contributed by atoms with van der Waals surface area (Å²) in [6.45, 7) is 3.19. The number of carbonyl (C=O) groups is 1. The Morgan fingerprint density at radius 2 is 1.65 bits per heavy atom. The van der Waals surface area contributed by atoms with Crippen molar-refractivity contribution in [2.45, 2.75) is 12.5 Å². The van der Waals surface area contributed by atoms with Gasteiger partial charge in [-0.25, -0.2) is 8.42 Å². The minimum atomic E-state index is -3.01. The SMILES string of the molecule is O=C1C[C@@H]2CS(=O)(=O)C[C@H]2N1c1ccc(N2CCOCC2)cc1. The van der Waals surface area contributed by atoms with Crippen molar-refractivity contribution in [2.24, 2.45) is 5.92 Å². The van der Waals surface area contributed by atoms with Gasteiger partial charge in [-0.2, -0.15) is 0 Å². The largest absolute Gasteiger partial charge is 0.378 e. The standard InChI is InChI=1S/C16H20N2O4S/c19-16-9-12-10-23(20,21)11-15(12)18(16)14-3-1-13(2-4-14)17-5-7-22-8-6-17/h1-4,12,15H,5-11H2/t12-,15-/m1/s1. The van der Waals surface area contributed by atoms with Gasteiger partial charge in [0.25, 0.3) is 0 Å². The number of benzene rings is 1. The summed E-state index contributed by atoms with van der Waals surface area (Å²) >= 11 is 0. The summed E-state index contributed by atoms with van der Waals surface area (Å²) in [6.07, 6.45) is 0.342. The molecular formula is C16H20N2O4S. The van der Waals surface area contributed by atoms with Crippen LogP contribution in [0.5, 0.6) is 0 Å². The highest BCUT2D eigenvalue weighted by atomic mass is 32.2. The smallest absolute Gasteiger partial charge is 0.227 e. The lowest BCUT2D eigenvalue weighted by atomic mass is 10.0. The molecule has 0 N–H and O–H groups in total. The summed E-state index contributed by atoms with van der Waals surface area (Å²) in [4.78, 5) is 16.2. The maximum absolute atomic E-state index is 12.3. The number of rotatable bonds is 2. The lowest BCUT2D eigenvalue weighted by Gasteiger charge is -2.29. The number of nitrogens with zero attached hydrogens (tertiary/aromatic N) is 2. The number of sulfone groups is 1. The van der Waals surface area contributed by atoms with Crippen LogP contribution < -0.4 is 9.80 Å². The Balaban J connectivity index is 1.56. The molecule has 1 amide bonds. The molecule has 0 aliphatic carbocycles. The maximum atomic E-state index is 12.3. The van der Waals surface area contributed by atoms with Gasteiger partial charge < -0.3 is 14.5 Å². The summed E-state index contributed by atoms with van der Waals surface area (Å²) in [5.74, 6) is 0.223. The van der Waals surface area contributed by atoms with Crippen LogP contribution in [0.4, 0.5) is 11.4 Å². The Hall–Kier alpha value is -1.60. The van der Waals surface area contributed by atoms with E-state index in [1.54, 1.807) is 4.90 Å². The Morgan fingerprint density at radius 3 is 2.35 bits per heavy atom. The van der Waals surface area contributed by atoms with Crippen molar-refractivity contribution in [1.82, 2.24) is 0 Å². The molecule has 3 aliphatic rings. The quantitative estimate of drug-likeness (QED) is 0.794. The molecule has 2 atom stereocenters. The van der Waals surface area contributed by atoms with Gasteiger partial charge in [-0.05, 0) is 24.3 Å². The van der Waals surface area contributed by atoms with Gasteiger partial charge in [0.2, 0.25) is 5.91 Å². The Labute approximate surface area is 135 Å². The van der Waals surface area contributed by atoms with E-state index in [1.807, 2.05) is 24.3 Å². The number of hydrogen-bond acceptors (Lipinski definition) is 5. The average molecular weight is 336 g/mol. The molecule has 3 heterocycles. The summed E-state index contributed by atoms with van der Waals surface area (Å²) in [5, 5.41) is 0. The van der Waals surface area contributed by atoms with Crippen molar-refractivity contribution >= 4 is 27.1 Å². The van der Waals surface area contributed by atoms with Gasteiger partial charge in [0, 0.05) is 36.8 Å². The first-order chi connectivity index (χ1) is 11.0. The number of carbonyl (C=O) groups excluding carboxylic acids is 1. The third-order valence-electron chi connectivity index (χ3n) is 4.98. The molecule has 1 aromatic carbocycles. The zero-order valence-electron chi connectivity index (χ0n) is 12.8. The van der Waals surface area contributed by atoms with E-state index in [4.69, 9.17) is 4.74 Å². The fourth-order valence-corrected chi connectivity index (χ4v) is 5.94. The summed E-state index contributed by atoms with van der Waals surface area (Å²) in [6, 6.07) is 7.67. The van der Waals surface area contributed by atoms with Gasteiger partial charge in [0.15, 0.2) is 9.84 Å². The molecular weight excluding hydrogens is 316 g/mol. The lowest BCUT2D eigenvalue weighted by Crippen LogP contribution is -2.37. The van der Waals surface area contributed by atoms with Crippen molar-refractivity contribution in [1.29, 1.82) is 0 Å². The third kappa shape index (κ3) is 2.72. The monoisotopic (exact) mass is 336 g/mol. The number of fused-ring (bicyclic) bond motifs is 1. The minimum absolute atomic E-state index is 0.0361. The first-order valence-electron chi connectivity index (χ1n) is 7.99. The van der Waals surface area contributed by atoms with Crippen LogP contribution in [-0.4, -0.2) is 58.2 Å². The molecule has 0 saturated carbocycles. The molecule has 3 aliphatic heterocycles. The fourth-order valence-electron chi connectivity index (χ4n) is 3.87. The van der Waals surface area contributed by atoms with Crippen molar-refractivity contribution in [3.8, 4) is 0 Å². The van der Waals surface area contributed by atoms with E-state index in [-0.39, 0.29) is 29.4 Å². The van der Waals surface area contributed by atoms with Crippen LogP contribution in [0.2, 0.25) is 0 Å². The first kappa shape index (κ1) is 15.0. The predicted octanol–water partition coefficient (Wildman–Crippen LogP) is 0.673. The second kappa shape index (κ2) is 5.49. The summed E-state index contributed by atoms with van der Waals surface area (Å²) in [5.41, 5.74) is 1.91. The molecule has 0 aromatic heterocycles. The minimum Gasteiger partial charge on any atom is -0.378 e. The van der Waals surface area contributed by atoms with Crippen LogP contribution >= 0.6 is 0 Å². The highest BCUT2D eigenvalue weighted by molar-refractivity contribution is 7.91. The van der Waals surface area contributed by atoms with E-state index in [2.05, 4.69) is 4.90 Å². The normalized spacial score (nSPS) is 29.8. The van der Waals surface area contributed by atoms with Gasteiger partial charge in [0.1, 0.15) is 0 Å². The number of amides is 1. The molecule has 3 fully saturated rings. The van der Waals surface area contributed by atoms with E-state index in [0.717, 1.165) is 37.7 Å². The molecule has 23 heavy (non-hydrogen) atoms. The molecule has 1 aromatic rings. The molecule has 7 heteroatoms. The molecule has 0 bridgehead atoms. The van der Waals surface area contributed by atoms with Crippen molar-refractivity contribution in [3.05, 3.63) is 24.3 Å². The Kier molecular flexibility index (Phi) is 3.57. The predicted molar refractivity (Wildman–Crippen MR) is 87.5 cm³/mol. The highest BCUT2D eigenvalue weighted by Gasteiger charge is 2.49. The van der Waals surface area contributed by atoms with Crippen LogP contribution in [0.25, 0.3) is 0 Å². The van der Waals surface area contributed by atoms with Crippen molar-refractivity contribution in [2.75, 3.05) is 47.6 Å². The van der Waals surface area contributed by atoms with E-state index in [0.29, 0.717) is 6.42 Å². The van der Waals surface area contributed by atoms with E-state index >= 15 is 0 Å². The third-order valence-corrected chi connectivity index (χ3v) is 6.76. The summed E-state index contributed by atoms with van der Waals surface area (Å²) in [7, 11) is -3.01. The van der Waals surface area contributed by atoms with Crippen LogP contribution in [0.3, 0.4) is 0 Å². The average Bonchev–Trinajstić information content (AvgIpc) is 2.98. The zero-order chi connectivity index (χ0) is 16.0. The van der Waals surface area contributed by atoms with E-state index in [1.165, 1.54) is 0 Å². The van der Waals surface area contributed by atoms with E-state index in [9.17, 15) is 13.2 Å². The van der Waals surface area contributed by atoms with Crippen LogP contribution in [0.15, 0.2) is 24.3 Å². The van der Waals surface area contributed by atoms with Crippen molar-refractivity contribution in [3.63, 3.8) is 0 Å². The van der Waals surface area contributed by atoms with Gasteiger partial charge in [-0.15, -0.1) is 0 Å². The van der Waals surface area contributed by atoms with E-state index < -0.39 is 9.84 Å². The number of hydrogen-bond donors (Lipinski definition) is 0. The maximum Gasteiger partial charge on any atom is 0.227 e. The molecule has 4 rings (SSSR count). The van der Waals surface area contributed by atoms with Gasteiger partial charge >= 0.3 is 0 Å². The van der Waals surface area contributed by atoms with Crippen LogP contribution in [-0.2, 0) is 19.4 Å². The van der Waals surface area contributed by atoms with Crippen LogP contribution in [0.1, 0.15) is 6.42 Å². The van der Waals surface area contributed by atoms with Gasteiger partial charge in [-0.1, -0.05) is 0 Å². The van der Waals surface area contributed by atoms with Crippen molar-refractivity contribution < 1.29 is 17.9 Å². The molecule has 0 radical (unpaired) electrons. The highest BCUT2D eigenvalue weighted by Crippen LogP contribution is 2.37. The second-order valence-electron chi connectivity index (χ2n) is 6.49. The topological polar surface area (TPSA) is 66.9 Å². The lowest BCUT2D eigenvalue weighted by molar-refractivity contribution is -0.117. The number of ether oxygens (including phenoxy) is 1. The van der Waals surface area contributed by atoms with Gasteiger partial charge in [-0.3, -0.25) is 4.79 Å². The molecule has 0 unspecified atom stereocenters. The Morgan fingerprint density at radius 1 is 1.00 bits per heavy atom. The Bertz CT molecular complexity index is 710.